The molecule has 1 fully saturated rings. The second kappa shape index (κ2) is 9.28. The molecule has 1 heterocycles. The van der Waals surface area contributed by atoms with Crippen LogP contribution in [0.4, 0.5) is 5.69 Å². The van der Waals surface area contributed by atoms with Gasteiger partial charge in [-0.2, -0.15) is 0 Å². The van der Waals surface area contributed by atoms with Gasteiger partial charge in [-0.05, 0) is 55.3 Å². The summed E-state index contributed by atoms with van der Waals surface area (Å²) in [6.07, 6.45) is -0.0612. The predicted molar refractivity (Wildman–Crippen MR) is 126 cm³/mol. The topological polar surface area (TPSA) is 66.9 Å². The Bertz CT molecular complexity index is 1190. The molecule has 1 atom stereocenters. The summed E-state index contributed by atoms with van der Waals surface area (Å²) >= 11 is 0. The van der Waals surface area contributed by atoms with Gasteiger partial charge in [0.05, 0.1) is 19.2 Å². The van der Waals surface area contributed by atoms with Crippen LogP contribution in [-0.4, -0.2) is 35.8 Å². The van der Waals surface area contributed by atoms with Gasteiger partial charge in [-0.1, -0.05) is 48.0 Å². The summed E-state index contributed by atoms with van der Waals surface area (Å²) in [6, 6.07) is 21.0. The highest BCUT2D eigenvalue weighted by Gasteiger charge is 2.44. The molecule has 6 nitrogen and oxygen atoms in total. The van der Waals surface area contributed by atoms with Crippen LogP contribution in [0.25, 0.3) is 0 Å². The minimum absolute atomic E-state index is 0.0612. The molecule has 33 heavy (non-hydrogen) atoms. The molecule has 0 aromatic heterocycles. The molecule has 0 N–H and O–H groups in total. The van der Waals surface area contributed by atoms with E-state index >= 15 is 0 Å². The lowest BCUT2D eigenvalue weighted by Crippen LogP contribution is -2.45. The second-order valence-corrected chi connectivity index (χ2v) is 8.22. The Morgan fingerprint density at radius 2 is 1.64 bits per heavy atom. The molecule has 6 heteroatoms. The van der Waals surface area contributed by atoms with Crippen LogP contribution in [-0.2, 0) is 16.1 Å². The van der Waals surface area contributed by atoms with E-state index in [9.17, 15) is 14.4 Å². The number of aryl methyl sites for hydroxylation is 2. The lowest BCUT2D eigenvalue weighted by Gasteiger charge is -2.28. The quantitative estimate of drug-likeness (QED) is 0.534. The van der Waals surface area contributed by atoms with Gasteiger partial charge in [0.15, 0.2) is 0 Å². The first-order chi connectivity index (χ1) is 15.9. The van der Waals surface area contributed by atoms with E-state index in [4.69, 9.17) is 4.74 Å². The number of rotatable bonds is 6. The molecular formula is C27H26N2O4. The highest BCUT2D eigenvalue weighted by molar-refractivity contribution is 6.23. The fourth-order valence-corrected chi connectivity index (χ4v) is 4.04. The molecule has 0 bridgehead atoms. The number of ether oxygens (including phenoxy) is 1. The van der Waals surface area contributed by atoms with Gasteiger partial charge in [0.2, 0.25) is 5.91 Å². The van der Waals surface area contributed by atoms with E-state index in [1.165, 1.54) is 4.90 Å². The van der Waals surface area contributed by atoms with E-state index in [0.717, 1.165) is 21.6 Å². The van der Waals surface area contributed by atoms with E-state index in [1.54, 1.807) is 43.5 Å². The third-order valence-electron chi connectivity index (χ3n) is 5.94. The number of nitrogens with zero attached hydrogens (tertiary/aromatic N) is 2. The first kappa shape index (κ1) is 22.3. The van der Waals surface area contributed by atoms with Gasteiger partial charge in [0.1, 0.15) is 11.8 Å². The Labute approximate surface area is 193 Å². The molecule has 3 amide bonds. The number of methoxy groups -OCH3 is 1. The van der Waals surface area contributed by atoms with E-state index in [-0.39, 0.29) is 24.8 Å². The third kappa shape index (κ3) is 4.51. The second-order valence-electron chi connectivity index (χ2n) is 8.22. The molecule has 1 aliphatic rings. The summed E-state index contributed by atoms with van der Waals surface area (Å²) in [4.78, 5) is 42.7. The fourth-order valence-electron chi connectivity index (χ4n) is 4.04. The van der Waals surface area contributed by atoms with Crippen LogP contribution < -0.4 is 9.64 Å². The number of benzene rings is 3. The molecule has 1 unspecified atom stereocenters. The average molecular weight is 443 g/mol. The predicted octanol–water partition coefficient (Wildman–Crippen LogP) is 4.29. The smallest absolute Gasteiger partial charge is 0.257 e. The Morgan fingerprint density at radius 1 is 0.970 bits per heavy atom. The van der Waals surface area contributed by atoms with Crippen LogP contribution in [0.3, 0.4) is 0 Å². The van der Waals surface area contributed by atoms with Crippen molar-refractivity contribution in [3.8, 4) is 5.75 Å². The van der Waals surface area contributed by atoms with E-state index in [0.29, 0.717) is 17.0 Å². The van der Waals surface area contributed by atoms with Crippen molar-refractivity contribution in [1.29, 1.82) is 0 Å². The zero-order chi connectivity index (χ0) is 23.5. The summed E-state index contributed by atoms with van der Waals surface area (Å²) < 4.78 is 5.17. The van der Waals surface area contributed by atoms with Crippen LogP contribution >= 0.6 is 0 Å². The normalized spacial score (nSPS) is 15.6. The van der Waals surface area contributed by atoms with E-state index in [2.05, 4.69) is 0 Å². The van der Waals surface area contributed by atoms with Gasteiger partial charge in [0.25, 0.3) is 11.8 Å². The fraction of sp³-hybridized carbons (Fsp3) is 0.222. The van der Waals surface area contributed by atoms with Crippen molar-refractivity contribution in [1.82, 2.24) is 4.90 Å². The van der Waals surface area contributed by atoms with E-state index in [1.807, 2.05) is 50.2 Å². The van der Waals surface area contributed by atoms with Crippen molar-refractivity contribution in [2.45, 2.75) is 32.9 Å². The summed E-state index contributed by atoms with van der Waals surface area (Å²) in [5, 5.41) is 0. The molecular weight excluding hydrogens is 416 g/mol. The van der Waals surface area contributed by atoms with Gasteiger partial charge >= 0.3 is 0 Å². The maximum Gasteiger partial charge on any atom is 0.257 e. The minimum Gasteiger partial charge on any atom is -0.497 e. The zero-order valence-electron chi connectivity index (χ0n) is 18.9. The zero-order valence-corrected chi connectivity index (χ0v) is 18.9. The van der Waals surface area contributed by atoms with Crippen LogP contribution in [0.5, 0.6) is 5.75 Å². The number of anilines is 1. The summed E-state index contributed by atoms with van der Waals surface area (Å²) in [6.45, 7) is 4.09. The van der Waals surface area contributed by atoms with Crippen LogP contribution in [0, 0.1) is 13.8 Å². The van der Waals surface area contributed by atoms with Crippen LogP contribution in [0.15, 0.2) is 72.8 Å². The van der Waals surface area contributed by atoms with Crippen molar-refractivity contribution < 1.29 is 19.1 Å². The van der Waals surface area contributed by atoms with Crippen molar-refractivity contribution in [3.63, 3.8) is 0 Å². The number of carbonyl (C=O) groups excluding carboxylic acids is 3. The number of hydrogen-bond acceptors (Lipinski definition) is 4. The van der Waals surface area contributed by atoms with Gasteiger partial charge in [0, 0.05) is 12.1 Å². The van der Waals surface area contributed by atoms with Crippen molar-refractivity contribution >= 4 is 23.4 Å². The molecule has 0 spiro atoms. The Hall–Kier alpha value is -3.93. The summed E-state index contributed by atoms with van der Waals surface area (Å²) in [5.74, 6) is -0.373. The van der Waals surface area contributed by atoms with Gasteiger partial charge in [-0.25, -0.2) is 4.90 Å². The third-order valence-corrected chi connectivity index (χ3v) is 5.94. The van der Waals surface area contributed by atoms with Gasteiger partial charge in [-0.15, -0.1) is 0 Å². The van der Waals surface area contributed by atoms with Crippen LogP contribution in [0.2, 0.25) is 0 Å². The Balaban J connectivity index is 1.69. The highest BCUT2D eigenvalue weighted by Crippen LogP contribution is 2.29. The number of imide groups is 1. The molecule has 0 aliphatic carbocycles. The molecule has 0 saturated carbocycles. The minimum atomic E-state index is -0.881. The molecule has 3 aromatic rings. The SMILES string of the molecule is COc1ccc(N2C(=O)CC(N(Cc3ccc(C)cc3)C(=O)c3ccccc3C)C2=O)cc1. The molecule has 3 aromatic carbocycles. The molecule has 1 aliphatic heterocycles. The van der Waals surface area contributed by atoms with Gasteiger partial charge < -0.3 is 9.64 Å². The Kier molecular flexibility index (Phi) is 6.27. The number of hydrogen-bond donors (Lipinski definition) is 0. The highest BCUT2D eigenvalue weighted by atomic mass is 16.5. The lowest BCUT2D eigenvalue weighted by molar-refractivity contribution is -0.122. The number of carbonyl (C=O) groups is 3. The first-order valence-electron chi connectivity index (χ1n) is 10.8. The van der Waals surface area contributed by atoms with Crippen LogP contribution in [0.1, 0.15) is 33.5 Å². The standard InChI is InChI=1S/C27H26N2O4/c1-18-8-10-20(11-9-18)17-28(26(31)23-7-5-4-6-19(23)2)24-16-25(30)29(27(24)32)21-12-14-22(33-3)15-13-21/h4-15,24H,16-17H2,1-3H3. The number of amides is 3. The Morgan fingerprint density at radius 3 is 2.27 bits per heavy atom. The summed E-state index contributed by atoms with van der Waals surface area (Å²) in [5.41, 5.74) is 3.80. The maximum atomic E-state index is 13.6. The van der Waals surface area contributed by atoms with E-state index < -0.39 is 11.9 Å². The van der Waals surface area contributed by atoms with Crippen molar-refractivity contribution in [2.24, 2.45) is 0 Å². The lowest BCUT2D eigenvalue weighted by atomic mass is 10.0. The molecule has 0 radical (unpaired) electrons. The van der Waals surface area contributed by atoms with Gasteiger partial charge in [-0.3, -0.25) is 14.4 Å². The molecule has 4 rings (SSSR count). The molecule has 168 valence electrons. The van der Waals surface area contributed by atoms with Crippen molar-refractivity contribution in [3.05, 3.63) is 95.1 Å². The monoisotopic (exact) mass is 442 g/mol. The maximum absolute atomic E-state index is 13.6. The molecule has 1 saturated heterocycles. The summed E-state index contributed by atoms with van der Waals surface area (Å²) in [7, 11) is 1.55. The van der Waals surface area contributed by atoms with Crippen molar-refractivity contribution in [2.75, 3.05) is 12.0 Å². The largest absolute Gasteiger partial charge is 0.497 e. The first-order valence-corrected chi connectivity index (χ1v) is 10.8. The average Bonchev–Trinajstić information content (AvgIpc) is 3.12.